The normalized spacial score (nSPS) is 9.64. The lowest BCUT2D eigenvalue weighted by atomic mass is 10.1. The molecule has 6 heteroatoms. The minimum absolute atomic E-state index is 0.0950. The first-order valence-electron chi connectivity index (χ1n) is 9.01. The van der Waals surface area contributed by atoms with Crippen LogP contribution in [-0.2, 0) is 16.0 Å². The molecule has 0 unspecified atom stereocenters. The first-order valence-corrected chi connectivity index (χ1v) is 9.01. The van der Waals surface area contributed by atoms with Crippen molar-refractivity contribution >= 4 is 17.5 Å². The standard InChI is InChI=1S/C22H24N2O4/c1-3-27-20-11-9-18(10-12-20)15-22(26)23-13-4-5-14-28-21-8-6-7-19(16-21)24-17(2)25/h6-12,16H,3,13-15H2,1-2H3,(H,23,26)(H,24,25). The van der Waals surface area contributed by atoms with Crippen molar-refractivity contribution in [1.82, 2.24) is 5.32 Å². The summed E-state index contributed by atoms with van der Waals surface area (Å²) in [5, 5.41) is 5.44. The fourth-order valence-corrected chi connectivity index (χ4v) is 2.36. The summed E-state index contributed by atoms with van der Waals surface area (Å²) in [7, 11) is 0. The van der Waals surface area contributed by atoms with E-state index in [0.717, 1.165) is 11.3 Å². The summed E-state index contributed by atoms with van der Waals surface area (Å²) < 4.78 is 10.9. The van der Waals surface area contributed by atoms with Crippen molar-refractivity contribution in [3.05, 3.63) is 54.1 Å². The summed E-state index contributed by atoms with van der Waals surface area (Å²) in [4.78, 5) is 23.0. The third-order valence-corrected chi connectivity index (χ3v) is 3.56. The molecule has 0 saturated carbocycles. The maximum Gasteiger partial charge on any atom is 0.225 e. The van der Waals surface area contributed by atoms with Crippen LogP contribution in [0, 0.1) is 11.8 Å². The van der Waals surface area contributed by atoms with Gasteiger partial charge in [0.25, 0.3) is 0 Å². The average Bonchev–Trinajstić information content (AvgIpc) is 2.66. The summed E-state index contributed by atoms with van der Waals surface area (Å²) in [6.45, 7) is 4.44. The summed E-state index contributed by atoms with van der Waals surface area (Å²) in [5.74, 6) is 6.86. The number of hydrogen-bond donors (Lipinski definition) is 2. The molecule has 0 fully saturated rings. The molecular weight excluding hydrogens is 356 g/mol. The Kier molecular flexibility index (Phi) is 8.41. The zero-order chi connectivity index (χ0) is 20.2. The van der Waals surface area contributed by atoms with Crippen molar-refractivity contribution in [3.8, 4) is 23.3 Å². The van der Waals surface area contributed by atoms with Gasteiger partial charge >= 0.3 is 0 Å². The number of amides is 2. The number of carbonyl (C=O) groups excluding carboxylic acids is 2. The Morgan fingerprint density at radius 1 is 1.00 bits per heavy atom. The van der Waals surface area contributed by atoms with Gasteiger partial charge in [0.15, 0.2) is 0 Å². The van der Waals surface area contributed by atoms with E-state index in [1.807, 2.05) is 31.2 Å². The van der Waals surface area contributed by atoms with Crippen molar-refractivity contribution in [3.63, 3.8) is 0 Å². The molecule has 2 rings (SSSR count). The summed E-state index contributed by atoms with van der Waals surface area (Å²) >= 11 is 0. The molecular formula is C22H24N2O4. The lowest BCUT2D eigenvalue weighted by Gasteiger charge is -2.06. The molecule has 28 heavy (non-hydrogen) atoms. The van der Waals surface area contributed by atoms with Gasteiger partial charge < -0.3 is 20.1 Å². The second kappa shape index (κ2) is 11.3. The van der Waals surface area contributed by atoms with Gasteiger partial charge in [0.2, 0.25) is 11.8 Å². The Labute approximate surface area is 165 Å². The lowest BCUT2D eigenvalue weighted by Crippen LogP contribution is -2.25. The van der Waals surface area contributed by atoms with Gasteiger partial charge in [-0.2, -0.15) is 0 Å². The van der Waals surface area contributed by atoms with Crippen LogP contribution in [0.15, 0.2) is 48.5 Å². The van der Waals surface area contributed by atoms with Crippen molar-refractivity contribution < 1.29 is 19.1 Å². The lowest BCUT2D eigenvalue weighted by molar-refractivity contribution is -0.120. The Morgan fingerprint density at radius 3 is 2.50 bits per heavy atom. The van der Waals surface area contributed by atoms with Gasteiger partial charge in [-0.1, -0.05) is 30.0 Å². The highest BCUT2D eigenvalue weighted by Crippen LogP contribution is 2.17. The molecule has 2 N–H and O–H groups in total. The molecule has 0 aliphatic rings. The van der Waals surface area contributed by atoms with E-state index < -0.39 is 0 Å². The van der Waals surface area contributed by atoms with Gasteiger partial charge in [0, 0.05) is 18.7 Å². The van der Waals surface area contributed by atoms with Crippen molar-refractivity contribution in [2.45, 2.75) is 20.3 Å². The van der Waals surface area contributed by atoms with Crippen LogP contribution in [0.4, 0.5) is 5.69 Å². The first-order chi connectivity index (χ1) is 13.6. The molecule has 6 nitrogen and oxygen atoms in total. The van der Waals surface area contributed by atoms with Crippen LogP contribution in [0.2, 0.25) is 0 Å². The molecule has 0 heterocycles. The number of carbonyl (C=O) groups is 2. The Hall–Kier alpha value is -3.46. The Balaban J connectivity index is 1.69. The van der Waals surface area contributed by atoms with E-state index in [1.165, 1.54) is 6.92 Å². The molecule has 2 amide bonds. The van der Waals surface area contributed by atoms with Gasteiger partial charge in [-0.3, -0.25) is 9.59 Å². The third kappa shape index (κ3) is 7.83. The topological polar surface area (TPSA) is 76.7 Å². The number of ether oxygens (including phenoxy) is 2. The number of anilines is 1. The second-order valence-corrected chi connectivity index (χ2v) is 5.88. The predicted octanol–water partition coefficient (Wildman–Crippen LogP) is 2.78. The fraction of sp³-hybridized carbons (Fsp3) is 0.273. The summed E-state index contributed by atoms with van der Waals surface area (Å²) in [5.41, 5.74) is 1.58. The van der Waals surface area contributed by atoms with E-state index in [4.69, 9.17) is 9.47 Å². The van der Waals surface area contributed by atoms with Crippen LogP contribution >= 0.6 is 0 Å². The monoisotopic (exact) mass is 380 g/mol. The highest BCUT2D eigenvalue weighted by molar-refractivity contribution is 5.88. The number of rotatable bonds is 8. The molecule has 0 saturated heterocycles. The van der Waals surface area contributed by atoms with Crippen molar-refractivity contribution in [2.75, 3.05) is 25.1 Å². The van der Waals surface area contributed by atoms with Gasteiger partial charge in [-0.05, 0) is 36.8 Å². The van der Waals surface area contributed by atoms with Crippen LogP contribution < -0.4 is 20.1 Å². The molecule has 0 atom stereocenters. The van der Waals surface area contributed by atoms with E-state index in [0.29, 0.717) is 24.5 Å². The quantitative estimate of drug-likeness (QED) is 0.691. The Morgan fingerprint density at radius 2 is 1.79 bits per heavy atom. The van der Waals surface area contributed by atoms with Gasteiger partial charge in [0.1, 0.15) is 18.1 Å². The average molecular weight is 380 g/mol. The predicted molar refractivity (Wildman–Crippen MR) is 108 cm³/mol. The zero-order valence-electron chi connectivity index (χ0n) is 16.1. The van der Waals surface area contributed by atoms with Crippen molar-refractivity contribution in [2.24, 2.45) is 0 Å². The third-order valence-electron chi connectivity index (χ3n) is 3.56. The minimum atomic E-state index is -0.141. The van der Waals surface area contributed by atoms with Crippen LogP contribution in [-0.4, -0.2) is 31.6 Å². The van der Waals surface area contributed by atoms with Gasteiger partial charge in [-0.15, -0.1) is 0 Å². The summed E-state index contributed by atoms with van der Waals surface area (Å²) in [6, 6.07) is 14.5. The van der Waals surface area contributed by atoms with Gasteiger partial charge in [-0.25, -0.2) is 0 Å². The molecule has 2 aromatic carbocycles. The molecule has 0 bridgehead atoms. The highest BCUT2D eigenvalue weighted by atomic mass is 16.5. The van der Waals surface area contributed by atoms with Crippen LogP contribution in [0.1, 0.15) is 19.4 Å². The number of benzene rings is 2. The zero-order valence-corrected chi connectivity index (χ0v) is 16.1. The van der Waals surface area contributed by atoms with E-state index >= 15 is 0 Å². The van der Waals surface area contributed by atoms with E-state index in [9.17, 15) is 9.59 Å². The largest absolute Gasteiger partial charge is 0.494 e. The number of nitrogens with one attached hydrogen (secondary N) is 2. The molecule has 0 spiro atoms. The molecule has 0 radical (unpaired) electrons. The highest BCUT2D eigenvalue weighted by Gasteiger charge is 2.02. The van der Waals surface area contributed by atoms with Gasteiger partial charge in [0.05, 0.1) is 19.6 Å². The molecule has 146 valence electrons. The fourth-order valence-electron chi connectivity index (χ4n) is 2.36. The van der Waals surface area contributed by atoms with Crippen LogP contribution in [0.3, 0.4) is 0 Å². The molecule has 2 aromatic rings. The van der Waals surface area contributed by atoms with Crippen LogP contribution in [0.25, 0.3) is 0 Å². The van der Waals surface area contributed by atoms with E-state index in [2.05, 4.69) is 22.5 Å². The first kappa shape index (κ1) is 20.8. The minimum Gasteiger partial charge on any atom is -0.494 e. The maximum absolute atomic E-state index is 11.9. The molecule has 0 aromatic heterocycles. The molecule has 0 aliphatic heterocycles. The van der Waals surface area contributed by atoms with E-state index in [1.54, 1.807) is 24.3 Å². The maximum atomic E-state index is 11.9. The van der Waals surface area contributed by atoms with Crippen molar-refractivity contribution in [1.29, 1.82) is 0 Å². The van der Waals surface area contributed by atoms with E-state index in [-0.39, 0.29) is 25.0 Å². The summed E-state index contributed by atoms with van der Waals surface area (Å²) in [6.07, 6.45) is 0.292. The number of hydrogen-bond acceptors (Lipinski definition) is 4. The SMILES string of the molecule is CCOc1ccc(CC(=O)NCC#CCOc2cccc(NC(C)=O)c2)cc1. The van der Waals surface area contributed by atoms with Crippen LogP contribution in [0.5, 0.6) is 11.5 Å². The second-order valence-electron chi connectivity index (χ2n) is 5.88. The Bertz CT molecular complexity index is 851. The molecule has 0 aliphatic carbocycles. The smallest absolute Gasteiger partial charge is 0.225 e.